The van der Waals surface area contributed by atoms with Crippen molar-refractivity contribution in [1.29, 1.82) is 0 Å². The summed E-state index contributed by atoms with van der Waals surface area (Å²) in [4.78, 5) is 13.5. The highest BCUT2D eigenvalue weighted by Crippen LogP contribution is 2.38. The van der Waals surface area contributed by atoms with Crippen molar-refractivity contribution in [1.82, 2.24) is 20.1 Å². The fourth-order valence-corrected chi connectivity index (χ4v) is 5.92. The van der Waals surface area contributed by atoms with Crippen LogP contribution >= 0.6 is 11.8 Å². The van der Waals surface area contributed by atoms with E-state index < -0.39 is 0 Å². The van der Waals surface area contributed by atoms with Crippen molar-refractivity contribution < 1.29 is 19.0 Å². The van der Waals surface area contributed by atoms with E-state index >= 15 is 0 Å². The Morgan fingerprint density at radius 1 is 1.03 bits per heavy atom. The second-order valence-corrected chi connectivity index (χ2v) is 10.3. The molecule has 0 bridgehead atoms. The van der Waals surface area contributed by atoms with Gasteiger partial charge in [-0.1, -0.05) is 61.4 Å². The largest absolute Gasteiger partial charge is 0.493 e. The fourth-order valence-electron chi connectivity index (χ4n) is 4.81. The number of nitrogens with zero attached hydrogens (tertiary/aromatic N) is 3. The molecule has 1 heterocycles. The van der Waals surface area contributed by atoms with E-state index in [1.807, 2.05) is 41.9 Å². The van der Waals surface area contributed by atoms with E-state index in [1.165, 1.54) is 53.4 Å². The van der Waals surface area contributed by atoms with Gasteiger partial charge in [0.05, 0.1) is 27.4 Å². The quantitative estimate of drug-likeness (QED) is 0.344. The van der Waals surface area contributed by atoms with Crippen molar-refractivity contribution in [2.75, 3.05) is 27.1 Å². The molecule has 1 unspecified atom stereocenters. The lowest BCUT2D eigenvalue weighted by Crippen LogP contribution is -2.32. The molecule has 0 spiro atoms. The number of nitrogens with one attached hydrogen (secondary N) is 1. The number of ether oxygens (including phenoxy) is 3. The Hall–Kier alpha value is -3.20. The number of hydrogen-bond acceptors (Lipinski definition) is 7. The molecule has 1 saturated carbocycles. The molecular weight excluding hydrogens is 488 g/mol. The average molecular weight is 525 g/mol. The summed E-state index contributed by atoms with van der Waals surface area (Å²) in [7, 11) is 6.57. The fraction of sp³-hybridized carbons (Fsp3) is 0.464. The Morgan fingerprint density at radius 2 is 1.70 bits per heavy atom. The van der Waals surface area contributed by atoms with E-state index in [2.05, 4.69) is 15.5 Å². The topological polar surface area (TPSA) is 87.5 Å². The second kappa shape index (κ2) is 12.9. The van der Waals surface area contributed by atoms with Crippen molar-refractivity contribution >= 4 is 17.7 Å². The summed E-state index contributed by atoms with van der Waals surface area (Å²) in [5, 5.41) is 13.1. The highest BCUT2D eigenvalue weighted by Gasteiger charge is 2.25. The van der Waals surface area contributed by atoms with E-state index in [4.69, 9.17) is 14.2 Å². The smallest absolute Gasteiger partial charge is 0.252 e. The summed E-state index contributed by atoms with van der Waals surface area (Å²) < 4.78 is 18.3. The zero-order valence-corrected chi connectivity index (χ0v) is 22.8. The molecule has 1 fully saturated rings. The third-order valence-electron chi connectivity index (χ3n) is 6.87. The molecule has 1 atom stereocenters. The molecule has 1 N–H and O–H groups in total. The monoisotopic (exact) mass is 524 g/mol. The zero-order chi connectivity index (χ0) is 26.2. The number of amides is 1. The zero-order valence-electron chi connectivity index (χ0n) is 22.0. The molecule has 0 saturated heterocycles. The normalized spacial score (nSPS) is 14.7. The van der Waals surface area contributed by atoms with Gasteiger partial charge in [0.15, 0.2) is 22.5 Å². The summed E-state index contributed by atoms with van der Waals surface area (Å²) in [6.45, 7) is 0. The van der Waals surface area contributed by atoms with Crippen LogP contribution in [0.15, 0.2) is 47.6 Å². The first-order valence-corrected chi connectivity index (χ1v) is 13.7. The van der Waals surface area contributed by atoms with E-state index in [0.29, 0.717) is 29.2 Å². The SMILES string of the molecule is COc1cc(C(=O)NC(Cc2ccccc2)c2nnc(SCC3CCCCC3)n2C)cc(OC)c1OC. The van der Waals surface area contributed by atoms with Gasteiger partial charge in [0.25, 0.3) is 5.91 Å². The Morgan fingerprint density at radius 3 is 2.32 bits per heavy atom. The van der Waals surface area contributed by atoms with Crippen LogP contribution in [0.4, 0.5) is 0 Å². The van der Waals surface area contributed by atoms with Crippen molar-refractivity contribution in [3.05, 3.63) is 59.4 Å². The van der Waals surface area contributed by atoms with Crippen LogP contribution in [0.3, 0.4) is 0 Å². The van der Waals surface area contributed by atoms with Gasteiger partial charge in [-0.3, -0.25) is 4.79 Å². The summed E-state index contributed by atoms with van der Waals surface area (Å²) in [5.74, 6) is 3.52. The molecule has 37 heavy (non-hydrogen) atoms. The first-order chi connectivity index (χ1) is 18.0. The second-order valence-electron chi connectivity index (χ2n) is 9.34. The molecule has 198 valence electrons. The molecule has 4 rings (SSSR count). The van der Waals surface area contributed by atoms with Crippen LogP contribution in [-0.2, 0) is 13.5 Å². The van der Waals surface area contributed by atoms with Gasteiger partial charge in [-0.25, -0.2) is 0 Å². The standard InChI is InChI=1S/C28H36N4O4S/c1-32-26(30-31-28(32)37-18-20-13-9-6-10-14-20)22(15-19-11-7-5-8-12-19)29-27(33)21-16-23(34-2)25(36-4)24(17-21)35-3/h5,7-8,11-12,16-17,20,22H,6,9-10,13-15,18H2,1-4H3,(H,29,33). The van der Waals surface area contributed by atoms with Crippen LogP contribution in [0.1, 0.15) is 59.9 Å². The van der Waals surface area contributed by atoms with Crippen LogP contribution in [0.2, 0.25) is 0 Å². The predicted octanol–water partition coefficient (Wildman–Crippen LogP) is 5.23. The van der Waals surface area contributed by atoms with Crippen molar-refractivity contribution in [3.63, 3.8) is 0 Å². The minimum atomic E-state index is -0.379. The first kappa shape index (κ1) is 26.9. The van der Waals surface area contributed by atoms with Gasteiger partial charge in [-0.05, 0) is 42.9 Å². The molecule has 9 heteroatoms. The first-order valence-electron chi connectivity index (χ1n) is 12.7. The summed E-state index contributed by atoms with van der Waals surface area (Å²) in [6.07, 6.45) is 7.15. The Bertz CT molecular complexity index is 1150. The molecule has 1 amide bonds. The van der Waals surface area contributed by atoms with Crippen molar-refractivity contribution in [3.8, 4) is 17.2 Å². The molecule has 0 aliphatic heterocycles. The van der Waals surface area contributed by atoms with Gasteiger partial charge >= 0.3 is 0 Å². The number of rotatable bonds is 11. The van der Waals surface area contributed by atoms with Crippen LogP contribution in [0.5, 0.6) is 17.2 Å². The molecule has 8 nitrogen and oxygen atoms in total. The minimum Gasteiger partial charge on any atom is -0.493 e. The van der Waals surface area contributed by atoms with E-state index in [-0.39, 0.29) is 11.9 Å². The number of thioether (sulfide) groups is 1. The lowest BCUT2D eigenvalue weighted by molar-refractivity contribution is 0.0933. The summed E-state index contributed by atoms with van der Waals surface area (Å²) >= 11 is 1.76. The van der Waals surface area contributed by atoms with Gasteiger partial charge in [0, 0.05) is 18.4 Å². The molecule has 3 aromatic rings. The highest BCUT2D eigenvalue weighted by atomic mass is 32.2. The molecule has 1 aliphatic rings. The van der Waals surface area contributed by atoms with Crippen LogP contribution in [-0.4, -0.2) is 47.8 Å². The van der Waals surface area contributed by atoms with Crippen LogP contribution < -0.4 is 19.5 Å². The summed E-state index contributed by atoms with van der Waals surface area (Å²) in [6, 6.07) is 13.0. The molecule has 2 aromatic carbocycles. The Labute approximate surface area is 223 Å². The Balaban J connectivity index is 1.58. The molecular formula is C28H36N4O4S. The lowest BCUT2D eigenvalue weighted by atomic mass is 9.91. The van der Waals surface area contributed by atoms with Crippen LogP contribution in [0, 0.1) is 5.92 Å². The lowest BCUT2D eigenvalue weighted by Gasteiger charge is -2.21. The van der Waals surface area contributed by atoms with E-state index in [0.717, 1.165) is 28.2 Å². The maximum atomic E-state index is 13.5. The third kappa shape index (κ3) is 6.57. The number of hydrogen-bond donors (Lipinski definition) is 1. The number of benzene rings is 2. The van der Waals surface area contributed by atoms with Gasteiger partial charge < -0.3 is 24.1 Å². The molecule has 1 aliphatic carbocycles. The van der Waals surface area contributed by atoms with E-state index in [1.54, 1.807) is 23.9 Å². The number of carbonyl (C=O) groups excluding carboxylic acids is 1. The number of aromatic nitrogens is 3. The molecule has 1 aromatic heterocycles. The number of carbonyl (C=O) groups is 1. The maximum absolute atomic E-state index is 13.5. The Kier molecular flexibility index (Phi) is 9.33. The van der Waals surface area contributed by atoms with E-state index in [9.17, 15) is 4.79 Å². The average Bonchev–Trinajstić information content (AvgIpc) is 3.31. The third-order valence-corrected chi connectivity index (χ3v) is 8.12. The predicted molar refractivity (Wildman–Crippen MR) is 145 cm³/mol. The molecule has 0 radical (unpaired) electrons. The highest BCUT2D eigenvalue weighted by molar-refractivity contribution is 7.99. The maximum Gasteiger partial charge on any atom is 0.252 e. The van der Waals surface area contributed by atoms with Gasteiger partial charge in [0.2, 0.25) is 5.75 Å². The van der Waals surface area contributed by atoms with Gasteiger partial charge in [0.1, 0.15) is 0 Å². The van der Waals surface area contributed by atoms with Crippen LogP contribution in [0.25, 0.3) is 0 Å². The minimum absolute atomic E-state index is 0.264. The number of methoxy groups -OCH3 is 3. The summed E-state index contributed by atoms with van der Waals surface area (Å²) in [5.41, 5.74) is 1.50. The van der Waals surface area contributed by atoms with Gasteiger partial charge in [-0.2, -0.15) is 0 Å². The van der Waals surface area contributed by atoms with Crippen molar-refractivity contribution in [2.24, 2.45) is 13.0 Å². The van der Waals surface area contributed by atoms with Gasteiger partial charge in [-0.15, -0.1) is 10.2 Å². The van der Waals surface area contributed by atoms with Crippen molar-refractivity contribution in [2.45, 2.75) is 49.7 Å².